The maximum absolute atomic E-state index is 13.9. The van der Waals surface area contributed by atoms with E-state index in [2.05, 4.69) is 46.9 Å². The summed E-state index contributed by atoms with van der Waals surface area (Å²) in [4.78, 5) is 12.5. The molecule has 2 aromatic carbocycles. The number of carbonyl (C=O) groups is 1. The molecule has 0 aliphatic heterocycles. The zero-order valence-electron chi connectivity index (χ0n) is 24.8. The first-order valence-electron chi connectivity index (χ1n) is 14.1. The lowest BCUT2D eigenvalue weighted by Crippen LogP contribution is -2.55. The average Bonchev–Trinajstić information content (AvgIpc) is 2.89. The van der Waals surface area contributed by atoms with Gasteiger partial charge in [0.1, 0.15) is 11.6 Å². The molecular formula is C29H42F2N4O6S2. The van der Waals surface area contributed by atoms with E-state index in [1.165, 1.54) is 0 Å². The van der Waals surface area contributed by atoms with Crippen LogP contribution in [0.2, 0.25) is 0 Å². The quantitative estimate of drug-likeness (QED) is 0.183. The number of aliphatic hydroxyl groups is 1. The average molecular weight is 645 g/mol. The van der Waals surface area contributed by atoms with Gasteiger partial charge in [0, 0.05) is 24.2 Å². The van der Waals surface area contributed by atoms with E-state index in [0.29, 0.717) is 25.7 Å². The van der Waals surface area contributed by atoms with Crippen molar-refractivity contribution in [2.45, 2.75) is 82.0 Å². The zero-order valence-corrected chi connectivity index (χ0v) is 26.5. The molecule has 0 aromatic heterocycles. The predicted octanol–water partition coefficient (Wildman–Crippen LogP) is 2.35. The number of rotatable bonds is 13. The first-order valence-corrected chi connectivity index (χ1v) is 17.1. The van der Waals surface area contributed by atoms with Gasteiger partial charge in [0.15, 0.2) is 0 Å². The molecule has 0 heterocycles. The van der Waals surface area contributed by atoms with Gasteiger partial charge in [-0.1, -0.05) is 45.0 Å². The molecule has 10 nitrogen and oxygen atoms in total. The Hall–Kier alpha value is -2.33. The van der Waals surface area contributed by atoms with Crippen molar-refractivity contribution >= 4 is 27.2 Å². The van der Waals surface area contributed by atoms with E-state index in [0.717, 1.165) is 35.6 Å². The number of sulfonamides is 1. The first-order chi connectivity index (χ1) is 20.0. The van der Waals surface area contributed by atoms with Crippen LogP contribution >= 0.6 is 0 Å². The minimum atomic E-state index is -3.39. The van der Waals surface area contributed by atoms with Crippen LogP contribution in [0.1, 0.15) is 63.1 Å². The van der Waals surface area contributed by atoms with Crippen LogP contribution in [0.15, 0.2) is 42.5 Å². The van der Waals surface area contributed by atoms with Gasteiger partial charge in [-0.2, -0.15) is 0 Å². The van der Waals surface area contributed by atoms with Gasteiger partial charge in [0.25, 0.3) is 0 Å². The molecule has 0 spiro atoms. The number of hydrogen-bond donors (Lipinski definition) is 6. The lowest BCUT2D eigenvalue weighted by atomic mass is 9.73. The third-order valence-corrected chi connectivity index (χ3v) is 8.85. The molecule has 1 aliphatic rings. The zero-order chi connectivity index (χ0) is 32.0. The molecule has 14 heteroatoms. The summed E-state index contributed by atoms with van der Waals surface area (Å²) in [5.41, 5.74) is 1.53. The minimum absolute atomic E-state index is 0.0218. The fourth-order valence-corrected chi connectivity index (χ4v) is 6.57. The van der Waals surface area contributed by atoms with E-state index in [-0.39, 0.29) is 30.0 Å². The van der Waals surface area contributed by atoms with E-state index in [9.17, 15) is 31.3 Å². The van der Waals surface area contributed by atoms with Crippen LogP contribution in [0.5, 0.6) is 0 Å². The van der Waals surface area contributed by atoms with Crippen molar-refractivity contribution in [3.8, 4) is 0 Å². The summed E-state index contributed by atoms with van der Waals surface area (Å²) in [5, 5.41) is 17.4. The maximum atomic E-state index is 13.9. The van der Waals surface area contributed by atoms with Crippen molar-refractivity contribution in [3.05, 3.63) is 70.8 Å². The van der Waals surface area contributed by atoms with Gasteiger partial charge in [0.2, 0.25) is 27.2 Å². The van der Waals surface area contributed by atoms with Crippen molar-refractivity contribution in [1.82, 2.24) is 20.1 Å². The largest absolute Gasteiger partial charge is 0.390 e. The monoisotopic (exact) mass is 644 g/mol. The topological polar surface area (TPSA) is 157 Å². The molecule has 0 saturated heterocycles. The van der Waals surface area contributed by atoms with Crippen molar-refractivity contribution in [3.63, 3.8) is 0 Å². The molecule has 1 aliphatic carbocycles. The van der Waals surface area contributed by atoms with Crippen molar-refractivity contribution < 1.29 is 35.9 Å². The molecule has 1 amide bonds. The van der Waals surface area contributed by atoms with Gasteiger partial charge in [0.05, 0.1) is 24.9 Å². The van der Waals surface area contributed by atoms with Gasteiger partial charge in [-0.25, -0.2) is 30.9 Å². The molecule has 2 aromatic rings. The number of hydrogen-bond acceptors (Lipinski definition) is 6. The highest BCUT2D eigenvalue weighted by atomic mass is 32.2. The van der Waals surface area contributed by atoms with Crippen LogP contribution < -0.4 is 20.1 Å². The molecule has 43 heavy (non-hydrogen) atoms. The third kappa shape index (κ3) is 11.0. The summed E-state index contributed by atoms with van der Waals surface area (Å²) in [7, 11) is -3.39. The molecule has 0 bridgehead atoms. The summed E-state index contributed by atoms with van der Waals surface area (Å²) in [5.74, 6) is -2.30. The number of benzene rings is 2. The molecule has 6 N–H and O–H groups in total. The lowest BCUT2D eigenvalue weighted by molar-refractivity contribution is -0.121. The minimum Gasteiger partial charge on any atom is -0.390 e. The maximum Gasteiger partial charge on any atom is 0.235 e. The normalized spacial score (nSPS) is 21.6. The number of nitrogens with one attached hydrogen (secondary N) is 4. The van der Waals surface area contributed by atoms with Gasteiger partial charge >= 0.3 is 0 Å². The first kappa shape index (κ1) is 35.2. The van der Waals surface area contributed by atoms with Gasteiger partial charge in [-0.05, 0) is 66.3 Å². The van der Waals surface area contributed by atoms with Crippen LogP contribution in [0.25, 0.3) is 0 Å². The van der Waals surface area contributed by atoms with Crippen molar-refractivity contribution in [1.29, 1.82) is 0 Å². The number of halogens is 2. The Balaban J connectivity index is 1.87. The van der Waals surface area contributed by atoms with Crippen LogP contribution in [0.4, 0.5) is 8.78 Å². The molecule has 1 saturated carbocycles. The molecule has 3 rings (SSSR count). The molecule has 240 valence electrons. The number of amides is 1. The standard InChI is InChI=1S/C29H42F2N4O6S2/c1-28(2,3)20-6-5-7-21(15-20)29(10-8-24(9-11-29)35-43(4,40)41)32-17-26(36)25(34-27(37)18-33-42(38)39)14-19-12-22(30)16-23(31)13-19/h5-7,12-13,15-16,24-26,32-33,35-36H,8-11,14,17-18H2,1-4H3,(H,34,37)(H,38,39). The van der Waals surface area contributed by atoms with Crippen LogP contribution in [0.3, 0.4) is 0 Å². The number of aliphatic hydroxyl groups excluding tert-OH is 1. The van der Waals surface area contributed by atoms with E-state index in [4.69, 9.17) is 4.55 Å². The van der Waals surface area contributed by atoms with E-state index < -0.39 is 63.1 Å². The summed E-state index contributed by atoms with van der Waals surface area (Å²) in [6.45, 7) is 5.77. The summed E-state index contributed by atoms with van der Waals surface area (Å²) in [6.07, 6.45) is 1.98. The molecular weight excluding hydrogens is 602 g/mol. The summed E-state index contributed by atoms with van der Waals surface area (Å²) in [6, 6.07) is 9.82. The fraction of sp³-hybridized carbons (Fsp3) is 0.552. The number of carbonyl (C=O) groups excluding carboxylic acids is 1. The highest BCUT2D eigenvalue weighted by Crippen LogP contribution is 2.39. The van der Waals surface area contributed by atoms with Crippen molar-refractivity contribution in [2.24, 2.45) is 0 Å². The Labute approximate surface area is 254 Å². The Bertz CT molecular complexity index is 1380. The summed E-state index contributed by atoms with van der Waals surface area (Å²) >= 11 is -2.44. The van der Waals surface area contributed by atoms with Gasteiger partial charge < -0.3 is 15.7 Å². The molecule has 3 atom stereocenters. The Morgan fingerprint density at radius 1 is 1.12 bits per heavy atom. The van der Waals surface area contributed by atoms with Crippen molar-refractivity contribution in [2.75, 3.05) is 19.3 Å². The predicted molar refractivity (Wildman–Crippen MR) is 162 cm³/mol. The SMILES string of the molecule is CC(C)(C)c1cccc(C2(NCC(O)C(Cc3cc(F)cc(F)c3)NC(=O)CNS(=O)O)CCC(NS(C)(=O)=O)CC2)c1. The second-order valence-corrected chi connectivity index (χ2v) is 14.8. The Morgan fingerprint density at radius 2 is 1.74 bits per heavy atom. The second kappa shape index (κ2) is 14.6. The smallest absolute Gasteiger partial charge is 0.235 e. The Morgan fingerprint density at radius 3 is 2.30 bits per heavy atom. The van der Waals surface area contributed by atoms with E-state index in [1.807, 2.05) is 18.2 Å². The summed E-state index contributed by atoms with van der Waals surface area (Å²) < 4.78 is 76.2. The lowest BCUT2D eigenvalue weighted by Gasteiger charge is -2.43. The Kier molecular flexibility index (Phi) is 12.0. The highest BCUT2D eigenvalue weighted by Gasteiger charge is 2.39. The van der Waals surface area contributed by atoms with Crippen LogP contribution in [0, 0.1) is 11.6 Å². The van der Waals surface area contributed by atoms with Crippen LogP contribution in [-0.4, -0.2) is 65.7 Å². The second-order valence-electron chi connectivity index (χ2n) is 12.3. The van der Waals surface area contributed by atoms with E-state index >= 15 is 0 Å². The van der Waals surface area contributed by atoms with Gasteiger partial charge in [-0.15, -0.1) is 0 Å². The van der Waals surface area contributed by atoms with E-state index in [1.54, 1.807) is 0 Å². The molecule has 3 unspecified atom stereocenters. The third-order valence-electron chi connectivity index (χ3n) is 7.70. The fourth-order valence-electron chi connectivity index (χ4n) is 5.48. The van der Waals surface area contributed by atoms with Crippen LogP contribution in [-0.2, 0) is 43.5 Å². The molecule has 1 fully saturated rings. The highest BCUT2D eigenvalue weighted by molar-refractivity contribution is 7.88. The molecule has 0 radical (unpaired) electrons. The van der Waals surface area contributed by atoms with Gasteiger partial charge in [-0.3, -0.25) is 9.35 Å².